The lowest BCUT2D eigenvalue weighted by atomic mass is 10.2. The van der Waals surface area contributed by atoms with Crippen LogP contribution in [0.3, 0.4) is 0 Å². The molecule has 1 aliphatic heterocycles. The predicted octanol–water partition coefficient (Wildman–Crippen LogP) is 0.851. The molecule has 1 atom stereocenters. The number of hydrogen-bond acceptors (Lipinski definition) is 3. The third-order valence-corrected chi connectivity index (χ3v) is 3.40. The Morgan fingerprint density at radius 3 is 2.89 bits per heavy atom. The molecule has 1 aromatic carbocycles. The van der Waals surface area contributed by atoms with Crippen molar-refractivity contribution in [2.24, 2.45) is 0 Å². The summed E-state index contributed by atoms with van der Waals surface area (Å²) in [6, 6.07) is 6.46. The molecule has 4 nitrogen and oxygen atoms in total. The summed E-state index contributed by atoms with van der Waals surface area (Å²) in [6.45, 7) is 1.82. The van der Waals surface area contributed by atoms with Gasteiger partial charge in [0.1, 0.15) is 5.82 Å². The van der Waals surface area contributed by atoms with Gasteiger partial charge in [-0.05, 0) is 12.5 Å². The lowest BCUT2D eigenvalue weighted by Crippen LogP contribution is -2.37. The van der Waals surface area contributed by atoms with Gasteiger partial charge in [0, 0.05) is 32.2 Å². The van der Waals surface area contributed by atoms with Gasteiger partial charge in [0.05, 0.1) is 12.6 Å². The quantitative estimate of drug-likeness (QED) is 0.878. The van der Waals surface area contributed by atoms with Crippen LogP contribution in [0.2, 0.25) is 0 Å². The Kier molecular flexibility index (Phi) is 4.50. The molecule has 104 valence electrons. The van der Waals surface area contributed by atoms with E-state index in [1.165, 1.54) is 11.0 Å². The summed E-state index contributed by atoms with van der Waals surface area (Å²) in [6.07, 6.45) is 0.384. The Morgan fingerprint density at radius 2 is 2.26 bits per heavy atom. The number of aliphatic hydroxyl groups excluding tert-OH is 1. The van der Waals surface area contributed by atoms with Crippen LogP contribution in [0, 0.1) is 5.82 Å². The van der Waals surface area contributed by atoms with Crippen LogP contribution in [0.15, 0.2) is 24.3 Å². The molecule has 0 aromatic heterocycles. The van der Waals surface area contributed by atoms with E-state index in [9.17, 15) is 14.3 Å². The maximum Gasteiger partial charge on any atom is 0.236 e. The van der Waals surface area contributed by atoms with E-state index in [1.807, 2.05) is 4.90 Å². The van der Waals surface area contributed by atoms with Gasteiger partial charge in [-0.25, -0.2) is 4.39 Å². The van der Waals surface area contributed by atoms with Gasteiger partial charge >= 0.3 is 0 Å². The Morgan fingerprint density at radius 1 is 1.53 bits per heavy atom. The molecule has 0 unspecified atom stereocenters. The van der Waals surface area contributed by atoms with Gasteiger partial charge in [0.15, 0.2) is 0 Å². The van der Waals surface area contributed by atoms with Gasteiger partial charge in [-0.2, -0.15) is 0 Å². The highest BCUT2D eigenvalue weighted by atomic mass is 19.1. The fraction of sp³-hybridized carbons (Fsp3) is 0.500. The number of aliphatic hydroxyl groups is 1. The van der Waals surface area contributed by atoms with Crippen LogP contribution in [0.25, 0.3) is 0 Å². The van der Waals surface area contributed by atoms with Gasteiger partial charge in [-0.3, -0.25) is 9.69 Å². The van der Waals surface area contributed by atoms with Crippen molar-refractivity contribution < 1.29 is 14.3 Å². The molecule has 2 rings (SSSR count). The van der Waals surface area contributed by atoms with Crippen molar-refractivity contribution >= 4 is 5.91 Å². The van der Waals surface area contributed by atoms with Crippen LogP contribution in [-0.2, 0) is 11.3 Å². The topological polar surface area (TPSA) is 43.8 Å². The average molecular weight is 266 g/mol. The number of rotatable bonds is 4. The Hall–Kier alpha value is -1.46. The summed E-state index contributed by atoms with van der Waals surface area (Å²) in [7, 11) is 1.67. The second-order valence-corrected chi connectivity index (χ2v) is 5.02. The van der Waals surface area contributed by atoms with Crippen LogP contribution in [0.1, 0.15) is 12.0 Å². The molecule has 1 fully saturated rings. The summed E-state index contributed by atoms with van der Waals surface area (Å²) in [5, 5.41) is 9.41. The zero-order valence-corrected chi connectivity index (χ0v) is 11.1. The van der Waals surface area contributed by atoms with Crippen molar-refractivity contribution in [3.63, 3.8) is 0 Å². The first-order valence-corrected chi connectivity index (χ1v) is 6.44. The van der Waals surface area contributed by atoms with Crippen LogP contribution in [0.4, 0.5) is 4.39 Å². The number of hydrogen-bond donors (Lipinski definition) is 1. The molecule has 0 radical (unpaired) electrons. The van der Waals surface area contributed by atoms with Gasteiger partial charge in [-0.1, -0.05) is 18.2 Å². The molecule has 1 N–H and O–H groups in total. The molecule has 1 heterocycles. The second kappa shape index (κ2) is 6.12. The number of carbonyl (C=O) groups excluding carboxylic acids is 1. The Labute approximate surface area is 112 Å². The van der Waals surface area contributed by atoms with Crippen LogP contribution in [0.5, 0.6) is 0 Å². The van der Waals surface area contributed by atoms with Crippen molar-refractivity contribution in [1.82, 2.24) is 9.80 Å². The fourth-order valence-corrected chi connectivity index (χ4v) is 2.24. The van der Waals surface area contributed by atoms with E-state index >= 15 is 0 Å². The second-order valence-electron chi connectivity index (χ2n) is 5.02. The van der Waals surface area contributed by atoms with Gasteiger partial charge in [-0.15, -0.1) is 0 Å². The van der Waals surface area contributed by atoms with Crippen molar-refractivity contribution in [3.8, 4) is 0 Å². The first-order chi connectivity index (χ1) is 9.06. The van der Waals surface area contributed by atoms with E-state index in [0.717, 1.165) is 6.54 Å². The van der Waals surface area contributed by atoms with Gasteiger partial charge in [0.2, 0.25) is 5.91 Å². The average Bonchev–Trinajstić information content (AvgIpc) is 2.77. The highest BCUT2D eigenvalue weighted by Crippen LogP contribution is 2.11. The number of β-amino-alcohol motifs (C(OH)–C–C–N with tert-alkyl or cyclic N) is 1. The summed E-state index contributed by atoms with van der Waals surface area (Å²) in [5.74, 6) is -0.351. The zero-order valence-electron chi connectivity index (χ0n) is 11.1. The number of carbonyl (C=O) groups is 1. The van der Waals surface area contributed by atoms with E-state index in [4.69, 9.17) is 0 Å². The number of likely N-dealkylation sites (N-methyl/N-ethyl adjacent to an activating group) is 1. The number of likely N-dealkylation sites (tertiary alicyclic amines) is 1. The van der Waals surface area contributed by atoms with E-state index < -0.39 is 0 Å². The zero-order chi connectivity index (χ0) is 13.8. The van der Waals surface area contributed by atoms with Crippen LogP contribution >= 0.6 is 0 Å². The third-order valence-electron chi connectivity index (χ3n) is 3.40. The highest BCUT2D eigenvalue weighted by molar-refractivity contribution is 5.78. The molecule has 0 spiro atoms. The molecule has 1 aliphatic rings. The summed E-state index contributed by atoms with van der Waals surface area (Å²) < 4.78 is 13.5. The summed E-state index contributed by atoms with van der Waals surface area (Å²) >= 11 is 0. The minimum atomic E-state index is -0.329. The van der Waals surface area contributed by atoms with E-state index in [0.29, 0.717) is 18.5 Å². The highest BCUT2D eigenvalue weighted by Gasteiger charge is 2.23. The number of benzene rings is 1. The first-order valence-electron chi connectivity index (χ1n) is 6.44. The van der Waals surface area contributed by atoms with Crippen molar-refractivity contribution in [1.29, 1.82) is 0 Å². The van der Waals surface area contributed by atoms with Crippen molar-refractivity contribution in [2.75, 3.05) is 26.7 Å². The molecule has 5 heteroatoms. The van der Waals surface area contributed by atoms with Crippen molar-refractivity contribution in [2.45, 2.75) is 19.1 Å². The molecule has 0 aliphatic carbocycles. The fourth-order valence-electron chi connectivity index (χ4n) is 2.24. The lowest BCUT2D eigenvalue weighted by Gasteiger charge is -2.21. The Balaban J connectivity index is 1.87. The molecule has 0 saturated carbocycles. The van der Waals surface area contributed by atoms with Crippen molar-refractivity contribution in [3.05, 3.63) is 35.6 Å². The smallest absolute Gasteiger partial charge is 0.236 e. The molecular formula is C14H19FN2O2. The van der Waals surface area contributed by atoms with Crippen LogP contribution < -0.4 is 0 Å². The molecule has 0 bridgehead atoms. The lowest BCUT2D eigenvalue weighted by molar-refractivity contribution is -0.131. The number of nitrogens with zero attached hydrogens (tertiary/aromatic N) is 2. The molecule has 1 amide bonds. The molecule has 1 aromatic rings. The minimum Gasteiger partial charge on any atom is -0.392 e. The van der Waals surface area contributed by atoms with Gasteiger partial charge < -0.3 is 10.0 Å². The maximum absolute atomic E-state index is 13.5. The predicted molar refractivity (Wildman–Crippen MR) is 69.9 cm³/mol. The maximum atomic E-state index is 13.5. The van der Waals surface area contributed by atoms with E-state index in [-0.39, 0.29) is 30.9 Å². The summed E-state index contributed by atoms with van der Waals surface area (Å²) in [4.78, 5) is 15.4. The third kappa shape index (κ3) is 3.75. The first kappa shape index (κ1) is 14.0. The standard InChI is InChI=1S/C14H19FN2O2/c1-16(8-11-4-2-3-5-13(11)15)14(19)10-17-7-6-12(18)9-17/h2-5,12,18H,6-10H2,1H3/t12-/m1/s1. The van der Waals surface area contributed by atoms with E-state index in [2.05, 4.69) is 0 Å². The molecular weight excluding hydrogens is 247 g/mol. The molecule has 1 saturated heterocycles. The Bertz CT molecular complexity index is 453. The molecule has 19 heavy (non-hydrogen) atoms. The normalized spacial score (nSPS) is 19.6. The number of amides is 1. The van der Waals surface area contributed by atoms with Gasteiger partial charge in [0.25, 0.3) is 0 Å². The SMILES string of the molecule is CN(Cc1ccccc1F)C(=O)CN1CC[C@@H](O)C1. The monoisotopic (exact) mass is 266 g/mol. The summed E-state index contributed by atoms with van der Waals surface area (Å²) in [5.41, 5.74) is 0.514. The minimum absolute atomic E-state index is 0.0580. The van der Waals surface area contributed by atoms with E-state index in [1.54, 1.807) is 25.2 Å². The van der Waals surface area contributed by atoms with Crippen LogP contribution in [-0.4, -0.2) is 53.6 Å². The largest absolute Gasteiger partial charge is 0.392 e. The number of halogens is 1.